The third kappa shape index (κ3) is 5.37. The highest BCUT2D eigenvalue weighted by Gasteiger charge is 2.27. The average Bonchev–Trinajstić information content (AvgIpc) is 3.54. The zero-order valence-electron chi connectivity index (χ0n) is 17.1. The first-order valence-electron chi connectivity index (χ1n) is 9.25. The largest absolute Gasteiger partial charge is 0.467 e. The van der Waals surface area contributed by atoms with Crippen LogP contribution >= 0.6 is 22.7 Å². The SMILES string of the molecule is COC(=O)[C@@H](NC(=O)c1cccc(C(=O)N[C@H](C(=O)OC)c2cccs2)n1)c1cccs1. The lowest BCUT2D eigenvalue weighted by atomic mass is 10.2. The van der Waals surface area contributed by atoms with Gasteiger partial charge in [0.2, 0.25) is 0 Å². The van der Waals surface area contributed by atoms with Gasteiger partial charge < -0.3 is 20.1 Å². The number of aromatic nitrogens is 1. The van der Waals surface area contributed by atoms with E-state index >= 15 is 0 Å². The van der Waals surface area contributed by atoms with E-state index in [0.29, 0.717) is 9.75 Å². The minimum absolute atomic E-state index is 0.0751. The Kier molecular flexibility index (Phi) is 7.68. The maximum Gasteiger partial charge on any atom is 0.333 e. The highest BCUT2D eigenvalue weighted by Crippen LogP contribution is 2.22. The first-order chi connectivity index (χ1) is 15.4. The van der Waals surface area contributed by atoms with E-state index in [4.69, 9.17) is 9.47 Å². The van der Waals surface area contributed by atoms with Crippen LogP contribution in [-0.2, 0) is 19.1 Å². The molecule has 0 bridgehead atoms. The van der Waals surface area contributed by atoms with Gasteiger partial charge in [0.15, 0.2) is 12.1 Å². The summed E-state index contributed by atoms with van der Waals surface area (Å²) in [6.07, 6.45) is 0. The van der Waals surface area contributed by atoms with Crippen molar-refractivity contribution >= 4 is 46.4 Å². The summed E-state index contributed by atoms with van der Waals surface area (Å²) in [6.45, 7) is 0. The lowest BCUT2D eigenvalue weighted by Gasteiger charge is -2.16. The third-order valence-corrected chi connectivity index (χ3v) is 6.17. The summed E-state index contributed by atoms with van der Waals surface area (Å²) < 4.78 is 9.55. The van der Waals surface area contributed by atoms with Crippen molar-refractivity contribution in [3.8, 4) is 0 Å². The first-order valence-corrected chi connectivity index (χ1v) is 11.0. The van der Waals surface area contributed by atoms with Gasteiger partial charge in [-0.1, -0.05) is 18.2 Å². The van der Waals surface area contributed by atoms with Gasteiger partial charge >= 0.3 is 11.9 Å². The Balaban J connectivity index is 1.78. The number of amides is 2. The predicted octanol–water partition coefficient (Wildman–Crippen LogP) is 2.49. The number of thiophene rings is 2. The number of nitrogens with zero attached hydrogens (tertiary/aromatic N) is 1. The molecule has 2 atom stereocenters. The number of carbonyl (C=O) groups excluding carboxylic acids is 4. The maximum atomic E-state index is 12.7. The van der Waals surface area contributed by atoms with E-state index in [1.165, 1.54) is 55.1 Å². The molecule has 0 aromatic carbocycles. The number of hydrogen-bond acceptors (Lipinski definition) is 9. The van der Waals surface area contributed by atoms with Gasteiger partial charge in [-0.3, -0.25) is 9.59 Å². The molecule has 0 aliphatic rings. The number of ether oxygens (including phenoxy) is 2. The van der Waals surface area contributed by atoms with Crippen LogP contribution in [0.25, 0.3) is 0 Å². The summed E-state index contributed by atoms with van der Waals surface area (Å²) in [5.74, 6) is -2.59. The summed E-state index contributed by atoms with van der Waals surface area (Å²) in [5, 5.41) is 8.69. The molecule has 3 rings (SSSR count). The molecule has 2 amide bonds. The fourth-order valence-corrected chi connectivity index (χ4v) is 4.26. The molecule has 9 nitrogen and oxygen atoms in total. The van der Waals surface area contributed by atoms with Crippen LogP contribution in [0.5, 0.6) is 0 Å². The highest BCUT2D eigenvalue weighted by molar-refractivity contribution is 7.10. The van der Waals surface area contributed by atoms with Gasteiger partial charge in [-0.25, -0.2) is 14.6 Å². The fraction of sp³-hybridized carbons (Fsp3) is 0.190. The van der Waals surface area contributed by atoms with E-state index in [2.05, 4.69) is 15.6 Å². The number of esters is 2. The molecule has 0 saturated carbocycles. The van der Waals surface area contributed by atoms with Gasteiger partial charge in [-0.2, -0.15) is 0 Å². The van der Waals surface area contributed by atoms with Crippen LogP contribution in [0.1, 0.15) is 42.8 Å². The summed E-state index contributed by atoms with van der Waals surface area (Å²) >= 11 is 2.57. The molecule has 0 radical (unpaired) electrons. The fourth-order valence-electron chi connectivity index (χ4n) is 2.74. The standard InChI is InChI=1S/C21H19N3O6S2/c1-29-20(27)16(14-8-4-10-31-14)23-18(25)12-6-3-7-13(22-12)19(26)24-17(21(28)30-2)15-9-5-11-32-15/h3-11,16-17H,1-2H3,(H,23,25)(H,24,26)/t16-,17-/m0/s1. The lowest BCUT2D eigenvalue weighted by Crippen LogP contribution is -2.36. The zero-order chi connectivity index (χ0) is 23.1. The summed E-state index contributed by atoms with van der Waals surface area (Å²) in [5.41, 5.74) is -0.150. The molecule has 3 heterocycles. The van der Waals surface area contributed by atoms with Crippen molar-refractivity contribution in [2.24, 2.45) is 0 Å². The van der Waals surface area contributed by atoms with E-state index < -0.39 is 35.8 Å². The number of hydrogen-bond donors (Lipinski definition) is 2. The Hall–Kier alpha value is -3.57. The van der Waals surface area contributed by atoms with Gasteiger partial charge in [0.25, 0.3) is 11.8 Å². The van der Waals surface area contributed by atoms with Crippen molar-refractivity contribution in [2.45, 2.75) is 12.1 Å². The van der Waals surface area contributed by atoms with E-state index in [1.807, 2.05) is 0 Å². The normalized spacial score (nSPS) is 12.3. The molecule has 32 heavy (non-hydrogen) atoms. The molecule has 0 aliphatic carbocycles. The van der Waals surface area contributed by atoms with Crippen molar-refractivity contribution in [2.75, 3.05) is 14.2 Å². The van der Waals surface area contributed by atoms with Crippen LogP contribution in [-0.4, -0.2) is 43.0 Å². The van der Waals surface area contributed by atoms with Crippen LogP contribution in [0, 0.1) is 0 Å². The Morgan fingerprint density at radius 3 is 1.53 bits per heavy atom. The minimum atomic E-state index is -1.01. The summed E-state index contributed by atoms with van der Waals surface area (Å²) in [7, 11) is 2.45. The second-order valence-electron chi connectivity index (χ2n) is 6.30. The van der Waals surface area contributed by atoms with E-state index in [1.54, 1.807) is 35.0 Å². The molecule has 3 aromatic heterocycles. The molecule has 0 fully saturated rings. The van der Waals surface area contributed by atoms with Crippen LogP contribution < -0.4 is 10.6 Å². The quantitative estimate of drug-likeness (QED) is 0.482. The first kappa shape index (κ1) is 23.1. The van der Waals surface area contributed by atoms with Gasteiger partial charge in [0.1, 0.15) is 11.4 Å². The van der Waals surface area contributed by atoms with Gasteiger partial charge in [-0.15, -0.1) is 22.7 Å². The number of pyridine rings is 1. The number of carbonyl (C=O) groups is 4. The Morgan fingerprint density at radius 1 is 0.750 bits per heavy atom. The molecule has 0 aliphatic heterocycles. The minimum Gasteiger partial charge on any atom is -0.467 e. The van der Waals surface area contributed by atoms with Crippen molar-refractivity contribution in [3.05, 3.63) is 74.4 Å². The monoisotopic (exact) mass is 473 g/mol. The molecule has 3 aromatic rings. The van der Waals surface area contributed by atoms with Crippen LogP contribution in [0.3, 0.4) is 0 Å². The van der Waals surface area contributed by atoms with Gasteiger partial charge in [0, 0.05) is 9.75 Å². The van der Waals surface area contributed by atoms with Crippen LogP contribution in [0.2, 0.25) is 0 Å². The molecule has 166 valence electrons. The van der Waals surface area contributed by atoms with E-state index in [0.717, 1.165) is 0 Å². The van der Waals surface area contributed by atoms with Gasteiger partial charge in [-0.05, 0) is 35.0 Å². The zero-order valence-corrected chi connectivity index (χ0v) is 18.7. The Labute approximate surface area is 191 Å². The molecule has 0 spiro atoms. The second-order valence-corrected chi connectivity index (χ2v) is 8.26. The van der Waals surface area contributed by atoms with Crippen molar-refractivity contribution < 1.29 is 28.7 Å². The second kappa shape index (κ2) is 10.6. The Bertz CT molecular complexity index is 1020. The molecule has 11 heteroatoms. The van der Waals surface area contributed by atoms with Crippen molar-refractivity contribution in [1.82, 2.24) is 15.6 Å². The van der Waals surface area contributed by atoms with Crippen molar-refractivity contribution in [3.63, 3.8) is 0 Å². The van der Waals surface area contributed by atoms with Crippen molar-refractivity contribution in [1.29, 1.82) is 0 Å². The number of rotatable bonds is 8. The predicted molar refractivity (Wildman–Crippen MR) is 117 cm³/mol. The average molecular weight is 474 g/mol. The molecule has 0 unspecified atom stereocenters. The topological polar surface area (TPSA) is 124 Å². The lowest BCUT2D eigenvalue weighted by molar-refractivity contribution is -0.143. The third-order valence-electron chi connectivity index (χ3n) is 4.29. The van der Waals surface area contributed by atoms with E-state index in [9.17, 15) is 19.2 Å². The van der Waals surface area contributed by atoms with E-state index in [-0.39, 0.29) is 11.4 Å². The summed E-state index contributed by atoms with van der Waals surface area (Å²) in [4.78, 5) is 55.0. The Morgan fingerprint density at radius 2 is 1.19 bits per heavy atom. The molecular formula is C21H19N3O6S2. The molecular weight excluding hydrogens is 454 g/mol. The van der Waals surface area contributed by atoms with Gasteiger partial charge in [0.05, 0.1) is 14.2 Å². The maximum absolute atomic E-state index is 12.7. The van der Waals surface area contributed by atoms with Crippen LogP contribution in [0.15, 0.2) is 53.2 Å². The number of nitrogens with one attached hydrogen (secondary N) is 2. The smallest absolute Gasteiger partial charge is 0.333 e. The summed E-state index contributed by atoms with van der Waals surface area (Å²) in [6, 6.07) is 9.17. The highest BCUT2D eigenvalue weighted by atomic mass is 32.1. The molecule has 2 N–H and O–H groups in total. The van der Waals surface area contributed by atoms with Crippen LogP contribution in [0.4, 0.5) is 0 Å². The molecule has 0 saturated heterocycles. The number of methoxy groups -OCH3 is 2.